The van der Waals surface area contributed by atoms with Crippen molar-refractivity contribution in [3.05, 3.63) is 17.7 Å². The zero-order valence-electron chi connectivity index (χ0n) is 11.0. The summed E-state index contributed by atoms with van der Waals surface area (Å²) in [4.78, 5) is 3.96. The van der Waals surface area contributed by atoms with E-state index in [-0.39, 0.29) is 23.7 Å². The lowest BCUT2D eigenvalue weighted by molar-refractivity contribution is -0.137. The molecule has 2 unspecified atom stereocenters. The van der Waals surface area contributed by atoms with E-state index in [0.717, 1.165) is 18.6 Å². The SMILES string of the molecule is CC1OCCC1CNc1cc(C(F)(F)F)cc(NN)n1. The van der Waals surface area contributed by atoms with Crippen LogP contribution in [-0.4, -0.2) is 24.2 Å². The maximum absolute atomic E-state index is 12.7. The van der Waals surface area contributed by atoms with Gasteiger partial charge in [0.15, 0.2) is 0 Å². The fourth-order valence-corrected chi connectivity index (χ4v) is 2.14. The fourth-order valence-electron chi connectivity index (χ4n) is 2.14. The highest BCUT2D eigenvalue weighted by atomic mass is 19.4. The molecule has 4 N–H and O–H groups in total. The summed E-state index contributed by atoms with van der Waals surface area (Å²) < 4.78 is 43.6. The molecule has 1 aromatic rings. The molecule has 1 saturated heterocycles. The second-order valence-corrected chi connectivity index (χ2v) is 4.77. The van der Waals surface area contributed by atoms with Gasteiger partial charge in [-0.25, -0.2) is 10.8 Å². The monoisotopic (exact) mass is 290 g/mol. The van der Waals surface area contributed by atoms with Gasteiger partial charge in [-0.1, -0.05) is 0 Å². The zero-order chi connectivity index (χ0) is 14.8. The van der Waals surface area contributed by atoms with Crippen molar-refractivity contribution in [2.45, 2.75) is 25.6 Å². The van der Waals surface area contributed by atoms with Gasteiger partial charge in [-0.3, -0.25) is 0 Å². The second kappa shape index (κ2) is 5.84. The Bertz CT molecular complexity index is 467. The molecule has 1 fully saturated rings. The van der Waals surface area contributed by atoms with Crippen molar-refractivity contribution in [1.82, 2.24) is 4.98 Å². The Morgan fingerprint density at radius 1 is 1.40 bits per heavy atom. The summed E-state index contributed by atoms with van der Waals surface area (Å²) in [7, 11) is 0. The van der Waals surface area contributed by atoms with Gasteiger partial charge >= 0.3 is 6.18 Å². The normalized spacial score (nSPS) is 22.9. The number of hydrogen-bond acceptors (Lipinski definition) is 5. The minimum Gasteiger partial charge on any atom is -0.378 e. The Balaban J connectivity index is 2.10. The van der Waals surface area contributed by atoms with Crippen LogP contribution >= 0.6 is 0 Å². The first-order chi connectivity index (χ1) is 9.40. The van der Waals surface area contributed by atoms with Crippen LogP contribution in [-0.2, 0) is 10.9 Å². The van der Waals surface area contributed by atoms with Crippen LogP contribution in [0.15, 0.2) is 12.1 Å². The Morgan fingerprint density at radius 2 is 2.10 bits per heavy atom. The molecule has 1 aliphatic heterocycles. The van der Waals surface area contributed by atoms with Crippen molar-refractivity contribution in [3.8, 4) is 0 Å². The van der Waals surface area contributed by atoms with Gasteiger partial charge in [0.1, 0.15) is 11.6 Å². The smallest absolute Gasteiger partial charge is 0.378 e. The molecule has 0 spiro atoms. The summed E-state index contributed by atoms with van der Waals surface area (Å²) in [5.74, 6) is 5.52. The summed E-state index contributed by atoms with van der Waals surface area (Å²) in [6, 6.07) is 1.84. The van der Waals surface area contributed by atoms with E-state index in [2.05, 4.69) is 15.7 Å². The van der Waals surface area contributed by atoms with Gasteiger partial charge in [-0.2, -0.15) is 13.2 Å². The maximum atomic E-state index is 12.7. The molecule has 0 radical (unpaired) electrons. The lowest BCUT2D eigenvalue weighted by Crippen LogP contribution is -2.22. The van der Waals surface area contributed by atoms with Crippen LogP contribution in [0.4, 0.5) is 24.8 Å². The van der Waals surface area contributed by atoms with Crippen molar-refractivity contribution >= 4 is 11.6 Å². The van der Waals surface area contributed by atoms with Crippen LogP contribution in [0.3, 0.4) is 0 Å². The van der Waals surface area contributed by atoms with E-state index in [1.54, 1.807) is 0 Å². The minimum absolute atomic E-state index is 0.0296. The first-order valence-corrected chi connectivity index (χ1v) is 6.31. The zero-order valence-corrected chi connectivity index (χ0v) is 11.0. The van der Waals surface area contributed by atoms with Gasteiger partial charge < -0.3 is 15.5 Å². The van der Waals surface area contributed by atoms with Crippen molar-refractivity contribution in [2.24, 2.45) is 11.8 Å². The van der Waals surface area contributed by atoms with Crippen molar-refractivity contribution in [3.63, 3.8) is 0 Å². The molecule has 0 saturated carbocycles. The van der Waals surface area contributed by atoms with Crippen molar-refractivity contribution in [2.75, 3.05) is 23.9 Å². The predicted octanol–water partition coefficient (Wildman–Crippen LogP) is 2.22. The first kappa shape index (κ1) is 14.9. The number of hydrazine groups is 1. The predicted molar refractivity (Wildman–Crippen MR) is 69.1 cm³/mol. The molecular weight excluding hydrogens is 273 g/mol. The van der Waals surface area contributed by atoms with Gasteiger partial charge in [0.2, 0.25) is 0 Å². The largest absolute Gasteiger partial charge is 0.416 e. The number of halogens is 3. The number of ether oxygens (including phenoxy) is 1. The van der Waals surface area contributed by atoms with E-state index >= 15 is 0 Å². The van der Waals surface area contributed by atoms with Crippen LogP contribution in [0.25, 0.3) is 0 Å². The van der Waals surface area contributed by atoms with Crippen LogP contribution in [0.1, 0.15) is 18.9 Å². The van der Waals surface area contributed by atoms with E-state index in [0.29, 0.717) is 13.2 Å². The topological polar surface area (TPSA) is 72.2 Å². The Labute approximate surface area is 114 Å². The van der Waals surface area contributed by atoms with Crippen molar-refractivity contribution < 1.29 is 17.9 Å². The van der Waals surface area contributed by atoms with Crippen LogP contribution in [0.5, 0.6) is 0 Å². The molecule has 5 nitrogen and oxygen atoms in total. The number of pyridine rings is 1. The molecule has 0 aromatic carbocycles. The van der Waals surface area contributed by atoms with E-state index in [4.69, 9.17) is 10.6 Å². The van der Waals surface area contributed by atoms with Crippen LogP contribution in [0.2, 0.25) is 0 Å². The number of rotatable bonds is 4. The van der Waals surface area contributed by atoms with Crippen LogP contribution < -0.4 is 16.6 Å². The fraction of sp³-hybridized carbons (Fsp3) is 0.583. The maximum Gasteiger partial charge on any atom is 0.416 e. The molecule has 8 heteroatoms. The van der Waals surface area contributed by atoms with E-state index in [1.807, 2.05) is 6.92 Å². The molecule has 2 rings (SSSR count). The third-order valence-electron chi connectivity index (χ3n) is 3.38. The Kier molecular flexibility index (Phi) is 4.34. The molecule has 2 heterocycles. The third-order valence-corrected chi connectivity index (χ3v) is 3.38. The molecule has 112 valence electrons. The van der Waals surface area contributed by atoms with Crippen molar-refractivity contribution in [1.29, 1.82) is 0 Å². The number of hydrogen-bond donors (Lipinski definition) is 3. The van der Waals surface area contributed by atoms with Gasteiger partial charge in [0.25, 0.3) is 0 Å². The lowest BCUT2D eigenvalue weighted by atomic mass is 10.0. The molecule has 1 aromatic heterocycles. The highest BCUT2D eigenvalue weighted by Crippen LogP contribution is 2.32. The molecular formula is C12H17F3N4O. The Morgan fingerprint density at radius 3 is 2.65 bits per heavy atom. The van der Waals surface area contributed by atoms with Gasteiger partial charge in [-0.15, -0.1) is 0 Å². The second-order valence-electron chi connectivity index (χ2n) is 4.77. The van der Waals surface area contributed by atoms with Gasteiger partial charge in [-0.05, 0) is 25.5 Å². The van der Waals surface area contributed by atoms with E-state index in [9.17, 15) is 13.2 Å². The number of aromatic nitrogens is 1. The number of alkyl halides is 3. The number of anilines is 2. The highest BCUT2D eigenvalue weighted by Gasteiger charge is 2.32. The summed E-state index contributed by atoms with van der Waals surface area (Å²) >= 11 is 0. The molecule has 20 heavy (non-hydrogen) atoms. The summed E-state index contributed by atoms with van der Waals surface area (Å²) in [6.45, 7) is 3.14. The molecule has 1 aliphatic rings. The van der Waals surface area contributed by atoms with E-state index < -0.39 is 11.7 Å². The standard InChI is InChI=1S/C12H17F3N4O/c1-7-8(2-3-20-7)6-17-10-4-9(12(13,14)15)5-11(18-10)19-16/h4-5,7-8H,2-3,6,16H2,1H3,(H2,17,18,19). The van der Waals surface area contributed by atoms with Gasteiger partial charge in [0.05, 0.1) is 11.7 Å². The highest BCUT2D eigenvalue weighted by molar-refractivity contribution is 5.49. The molecule has 0 bridgehead atoms. The minimum atomic E-state index is -4.44. The molecule has 0 amide bonds. The lowest BCUT2D eigenvalue weighted by Gasteiger charge is -2.16. The number of nitrogens with zero attached hydrogens (tertiary/aromatic N) is 1. The third kappa shape index (κ3) is 3.51. The number of nitrogens with one attached hydrogen (secondary N) is 2. The first-order valence-electron chi connectivity index (χ1n) is 6.31. The Hall–Kier alpha value is -1.54. The molecule has 0 aliphatic carbocycles. The quantitative estimate of drug-likeness (QED) is 0.586. The average Bonchev–Trinajstić information content (AvgIpc) is 2.80. The van der Waals surface area contributed by atoms with Crippen LogP contribution in [0, 0.1) is 5.92 Å². The summed E-state index contributed by atoms with van der Waals surface area (Å²) in [6.07, 6.45) is -3.45. The summed E-state index contributed by atoms with van der Waals surface area (Å²) in [5, 5.41) is 2.92. The summed E-state index contributed by atoms with van der Waals surface area (Å²) in [5.41, 5.74) is 1.35. The van der Waals surface area contributed by atoms with E-state index in [1.165, 1.54) is 0 Å². The number of nitrogens with two attached hydrogens (primary N) is 1. The molecule has 2 atom stereocenters. The number of nitrogen functional groups attached to an aromatic ring is 1. The average molecular weight is 290 g/mol. The van der Waals surface area contributed by atoms with Gasteiger partial charge in [0, 0.05) is 19.1 Å².